The van der Waals surface area contributed by atoms with Crippen molar-refractivity contribution in [3.8, 4) is 11.7 Å². The molecule has 2 aliphatic rings. The van der Waals surface area contributed by atoms with Crippen molar-refractivity contribution >= 4 is 28.4 Å². The molecule has 1 aromatic heterocycles. The molecule has 116 valence electrons. The maximum absolute atomic E-state index is 12.4. The zero-order valence-electron chi connectivity index (χ0n) is 12.2. The Bertz CT molecular complexity index is 1200. The molecule has 2 aliphatic heterocycles. The molecule has 3 heterocycles. The largest absolute Gasteiger partial charge is 0.480 e. The second-order valence-electron chi connectivity index (χ2n) is 5.70. The number of furan rings is 1. The molecule has 5 rings (SSSR count). The fourth-order valence-corrected chi connectivity index (χ4v) is 3.25. The van der Waals surface area contributed by atoms with Crippen LogP contribution in [-0.4, -0.2) is 17.0 Å². The number of ether oxygens (including phenoxy) is 1. The van der Waals surface area contributed by atoms with Crippen molar-refractivity contribution in [2.75, 3.05) is 0 Å². The van der Waals surface area contributed by atoms with Crippen LogP contribution in [0.2, 0.25) is 0 Å². The summed E-state index contributed by atoms with van der Waals surface area (Å²) in [5.41, 5.74) is 1.64. The normalized spacial score (nSPS) is 15.4. The first-order valence-corrected chi connectivity index (χ1v) is 7.33. The van der Waals surface area contributed by atoms with Gasteiger partial charge in [0.25, 0.3) is 11.9 Å². The Labute approximate surface area is 134 Å². The number of carbonyl (C=O) groups excluding carboxylic acids is 2. The van der Waals surface area contributed by atoms with Gasteiger partial charge in [-0.3, -0.25) is 9.59 Å². The Morgan fingerprint density at radius 3 is 2.83 bits per heavy atom. The highest BCUT2D eigenvalue weighted by molar-refractivity contribution is 6.24. The topological polar surface area (TPSA) is 89.1 Å². The van der Waals surface area contributed by atoms with Gasteiger partial charge in [0.05, 0.1) is 22.9 Å². The minimum atomic E-state index is -0.438. The molecule has 1 N–H and O–H groups in total. The molecular formula is C18H9NO5. The van der Waals surface area contributed by atoms with Crippen molar-refractivity contribution in [1.82, 2.24) is 0 Å². The third-order valence-electron chi connectivity index (χ3n) is 4.27. The van der Waals surface area contributed by atoms with Crippen molar-refractivity contribution < 1.29 is 23.8 Å². The van der Waals surface area contributed by atoms with Gasteiger partial charge in [-0.1, -0.05) is 18.2 Å². The summed E-state index contributed by atoms with van der Waals surface area (Å²) in [6.45, 7) is 0. The molecule has 0 spiro atoms. The zero-order chi connectivity index (χ0) is 16.4. The molecule has 6 nitrogen and oxygen atoms in total. The van der Waals surface area contributed by atoms with E-state index in [9.17, 15) is 14.7 Å². The maximum Gasteiger partial charge on any atom is 0.315 e. The molecule has 0 bridgehead atoms. The molecule has 2 aromatic carbocycles. The van der Waals surface area contributed by atoms with Gasteiger partial charge in [0.2, 0.25) is 0 Å². The lowest BCUT2D eigenvalue weighted by Crippen LogP contribution is -2.22. The summed E-state index contributed by atoms with van der Waals surface area (Å²) >= 11 is 0. The lowest BCUT2D eigenvalue weighted by molar-refractivity contribution is -0.131. The van der Waals surface area contributed by atoms with Crippen LogP contribution in [0.3, 0.4) is 0 Å². The summed E-state index contributed by atoms with van der Waals surface area (Å²) in [5.74, 6) is -0.707. The smallest absolute Gasteiger partial charge is 0.315 e. The number of amides is 1. The SMILES string of the molecule is O=C1Cc2cc3oc(O)c(C4=c5ccccc5=NC4=O)c3cc2O1. The molecule has 0 atom stereocenters. The first kappa shape index (κ1) is 13.1. The Morgan fingerprint density at radius 2 is 1.96 bits per heavy atom. The highest BCUT2D eigenvalue weighted by atomic mass is 16.5. The number of carbonyl (C=O) groups is 2. The number of hydrogen-bond donors (Lipinski definition) is 1. The minimum Gasteiger partial charge on any atom is -0.480 e. The predicted molar refractivity (Wildman–Crippen MR) is 82.0 cm³/mol. The predicted octanol–water partition coefficient (Wildman–Crippen LogP) is 0.959. The number of fused-ring (bicyclic) bond motifs is 3. The molecule has 1 amide bonds. The molecule has 24 heavy (non-hydrogen) atoms. The van der Waals surface area contributed by atoms with Gasteiger partial charge in [0.1, 0.15) is 11.3 Å². The monoisotopic (exact) mass is 319 g/mol. The van der Waals surface area contributed by atoms with Crippen LogP contribution in [0.1, 0.15) is 11.1 Å². The van der Waals surface area contributed by atoms with E-state index in [1.807, 2.05) is 0 Å². The van der Waals surface area contributed by atoms with Gasteiger partial charge in [-0.2, -0.15) is 0 Å². The van der Waals surface area contributed by atoms with Gasteiger partial charge < -0.3 is 14.3 Å². The number of esters is 1. The van der Waals surface area contributed by atoms with Gasteiger partial charge in [-0.15, -0.1) is 0 Å². The number of aromatic hydroxyl groups is 1. The van der Waals surface area contributed by atoms with Gasteiger partial charge in [0, 0.05) is 16.2 Å². The summed E-state index contributed by atoms with van der Waals surface area (Å²) in [6, 6.07) is 10.4. The number of rotatable bonds is 1. The first-order valence-electron chi connectivity index (χ1n) is 7.33. The summed E-state index contributed by atoms with van der Waals surface area (Å²) < 4.78 is 10.6. The van der Waals surface area contributed by atoms with E-state index in [4.69, 9.17) is 9.15 Å². The van der Waals surface area contributed by atoms with E-state index in [2.05, 4.69) is 4.99 Å². The maximum atomic E-state index is 12.4. The van der Waals surface area contributed by atoms with E-state index in [1.54, 1.807) is 36.4 Å². The van der Waals surface area contributed by atoms with Crippen LogP contribution >= 0.6 is 0 Å². The number of hydrogen-bond acceptors (Lipinski definition) is 5. The zero-order valence-corrected chi connectivity index (χ0v) is 12.2. The molecular weight excluding hydrogens is 310 g/mol. The van der Waals surface area contributed by atoms with E-state index < -0.39 is 5.91 Å². The van der Waals surface area contributed by atoms with Crippen LogP contribution in [0, 0.1) is 0 Å². The van der Waals surface area contributed by atoms with Crippen molar-refractivity contribution in [2.24, 2.45) is 4.99 Å². The van der Waals surface area contributed by atoms with Crippen molar-refractivity contribution in [1.29, 1.82) is 0 Å². The van der Waals surface area contributed by atoms with Crippen LogP contribution in [0.25, 0.3) is 16.5 Å². The molecule has 0 unspecified atom stereocenters. The van der Waals surface area contributed by atoms with E-state index in [0.717, 1.165) is 0 Å². The molecule has 0 saturated heterocycles. The standard InChI is InChI=1S/C18H9NO5/c20-14-6-8-5-13-10(7-12(8)23-14)16(18(22)24-13)15-9-3-1-2-4-11(9)19-17(15)21/h1-5,7,22H,6H2. The van der Waals surface area contributed by atoms with Crippen LogP contribution < -0.4 is 15.3 Å². The summed E-state index contributed by atoms with van der Waals surface area (Å²) in [6.07, 6.45) is 0.162. The number of para-hydroxylation sites is 1. The minimum absolute atomic E-state index is 0.162. The van der Waals surface area contributed by atoms with Crippen LogP contribution in [0.5, 0.6) is 11.7 Å². The average molecular weight is 319 g/mol. The van der Waals surface area contributed by atoms with Crippen LogP contribution in [0.4, 0.5) is 0 Å². The fraction of sp³-hybridized carbons (Fsp3) is 0.0556. The van der Waals surface area contributed by atoms with E-state index >= 15 is 0 Å². The molecule has 0 fully saturated rings. The summed E-state index contributed by atoms with van der Waals surface area (Å²) in [4.78, 5) is 27.8. The average Bonchev–Trinajstić information content (AvgIpc) is 3.15. The lowest BCUT2D eigenvalue weighted by Gasteiger charge is -2.00. The first-order chi connectivity index (χ1) is 11.6. The second kappa shape index (κ2) is 4.32. The van der Waals surface area contributed by atoms with Gasteiger partial charge in [-0.25, -0.2) is 4.99 Å². The second-order valence-corrected chi connectivity index (χ2v) is 5.70. The van der Waals surface area contributed by atoms with E-state index in [0.29, 0.717) is 32.9 Å². The Balaban J connectivity index is 1.88. The molecule has 0 radical (unpaired) electrons. The molecule has 6 heteroatoms. The number of nitrogens with zero attached hydrogens (tertiary/aromatic N) is 1. The van der Waals surface area contributed by atoms with Gasteiger partial charge in [-0.05, 0) is 18.2 Å². The molecule has 0 aliphatic carbocycles. The fourth-order valence-electron chi connectivity index (χ4n) is 3.25. The summed E-state index contributed by atoms with van der Waals surface area (Å²) in [7, 11) is 0. The third-order valence-corrected chi connectivity index (χ3v) is 4.27. The van der Waals surface area contributed by atoms with Crippen LogP contribution in [0.15, 0.2) is 45.8 Å². The van der Waals surface area contributed by atoms with Crippen LogP contribution in [-0.2, 0) is 16.0 Å². The Hall–Kier alpha value is -3.41. The highest BCUT2D eigenvalue weighted by Gasteiger charge is 2.29. The van der Waals surface area contributed by atoms with Gasteiger partial charge in [0.15, 0.2) is 0 Å². The summed E-state index contributed by atoms with van der Waals surface area (Å²) in [5, 5.41) is 12.0. The lowest BCUT2D eigenvalue weighted by atomic mass is 10.0. The Morgan fingerprint density at radius 1 is 1.12 bits per heavy atom. The highest BCUT2D eigenvalue weighted by Crippen LogP contribution is 2.40. The number of benzene rings is 2. The van der Waals surface area contributed by atoms with E-state index in [-0.39, 0.29) is 29.5 Å². The molecule has 0 saturated carbocycles. The third kappa shape index (κ3) is 1.62. The quantitative estimate of drug-likeness (QED) is 0.533. The Kier molecular flexibility index (Phi) is 2.35. The molecule has 3 aromatic rings. The van der Waals surface area contributed by atoms with Crippen molar-refractivity contribution in [3.63, 3.8) is 0 Å². The van der Waals surface area contributed by atoms with Crippen molar-refractivity contribution in [3.05, 3.63) is 58.1 Å². The van der Waals surface area contributed by atoms with Gasteiger partial charge >= 0.3 is 5.97 Å². The van der Waals surface area contributed by atoms with E-state index in [1.165, 1.54) is 0 Å². The van der Waals surface area contributed by atoms with Crippen molar-refractivity contribution in [2.45, 2.75) is 6.42 Å².